The van der Waals surface area contributed by atoms with Gasteiger partial charge in [0.05, 0.1) is 6.61 Å². The predicted molar refractivity (Wildman–Crippen MR) is 89.7 cm³/mol. The Hall–Kier alpha value is -1.22. The number of aryl methyl sites for hydroxylation is 1. The van der Waals surface area contributed by atoms with Crippen molar-refractivity contribution in [2.24, 2.45) is 5.92 Å². The van der Waals surface area contributed by atoms with Crippen molar-refractivity contribution in [2.75, 3.05) is 6.61 Å². The van der Waals surface area contributed by atoms with E-state index in [1.165, 1.54) is 24.8 Å². The summed E-state index contributed by atoms with van der Waals surface area (Å²) >= 11 is 0. The molecule has 0 saturated carbocycles. The lowest BCUT2D eigenvalue weighted by atomic mass is 9.85. The first-order chi connectivity index (χ1) is 10.6. The van der Waals surface area contributed by atoms with E-state index >= 15 is 0 Å². The standard InChI is InChI=1S/C19H29NO2/c1-13(2)12-21-19-9-14(3)7-8-18(19)22-17-10-15-5-4-6-16(11-17)20-15/h7-9,13,15-17,20H,4-6,10-12H2,1-3H3/t15-,16+,17+. The molecule has 2 bridgehead atoms. The normalized spacial score (nSPS) is 27.7. The van der Waals surface area contributed by atoms with Crippen LogP contribution in [0.25, 0.3) is 0 Å². The van der Waals surface area contributed by atoms with Gasteiger partial charge in [-0.2, -0.15) is 0 Å². The molecule has 2 aliphatic heterocycles. The van der Waals surface area contributed by atoms with Crippen LogP contribution in [0.5, 0.6) is 11.5 Å². The molecule has 0 aromatic heterocycles. The molecule has 0 unspecified atom stereocenters. The third-order valence-corrected chi connectivity index (χ3v) is 4.64. The van der Waals surface area contributed by atoms with Crippen LogP contribution in [0.15, 0.2) is 18.2 Å². The average Bonchev–Trinajstić information content (AvgIpc) is 2.47. The lowest BCUT2D eigenvalue weighted by Gasteiger charge is -2.40. The fourth-order valence-electron chi connectivity index (χ4n) is 3.57. The van der Waals surface area contributed by atoms with E-state index in [0.29, 0.717) is 24.1 Å². The molecule has 0 radical (unpaired) electrons. The SMILES string of the molecule is Cc1ccc(O[C@H]2C[C@H]3CCC[C@@H](C2)N3)c(OCC(C)C)c1. The fraction of sp³-hybridized carbons (Fsp3) is 0.684. The largest absolute Gasteiger partial charge is 0.489 e. The molecule has 1 aromatic rings. The third-order valence-electron chi connectivity index (χ3n) is 4.64. The Bertz CT molecular complexity index is 488. The lowest BCUT2D eigenvalue weighted by Crippen LogP contribution is -2.51. The van der Waals surface area contributed by atoms with Crippen molar-refractivity contribution in [1.82, 2.24) is 5.32 Å². The maximum absolute atomic E-state index is 6.35. The smallest absolute Gasteiger partial charge is 0.161 e. The summed E-state index contributed by atoms with van der Waals surface area (Å²) in [5.74, 6) is 2.33. The maximum atomic E-state index is 6.35. The van der Waals surface area contributed by atoms with Gasteiger partial charge >= 0.3 is 0 Å². The van der Waals surface area contributed by atoms with E-state index in [-0.39, 0.29) is 0 Å². The highest BCUT2D eigenvalue weighted by Crippen LogP contribution is 2.33. The van der Waals surface area contributed by atoms with Gasteiger partial charge in [-0.25, -0.2) is 0 Å². The highest BCUT2D eigenvalue weighted by molar-refractivity contribution is 5.42. The van der Waals surface area contributed by atoms with Crippen molar-refractivity contribution in [3.63, 3.8) is 0 Å². The van der Waals surface area contributed by atoms with Gasteiger partial charge in [-0.1, -0.05) is 26.3 Å². The maximum Gasteiger partial charge on any atom is 0.161 e. The Morgan fingerprint density at radius 2 is 1.86 bits per heavy atom. The third kappa shape index (κ3) is 3.95. The molecule has 22 heavy (non-hydrogen) atoms. The number of benzene rings is 1. The summed E-state index contributed by atoms with van der Waals surface area (Å²) in [6.07, 6.45) is 6.51. The van der Waals surface area contributed by atoms with Gasteiger partial charge in [0.1, 0.15) is 6.10 Å². The van der Waals surface area contributed by atoms with E-state index in [4.69, 9.17) is 9.47 Å². The van der Waals surface area contributed by atoms with Crippen LogP contribution >= 0.6 is 0 Å². The van der Waals surface area contributed by atoms with Gasteiger partial charge in [0.15, 0.2) is 11.5 Å². The fourth-order valence-corrected chi connectivity index (χ4v) is 3.57. The number of piperidine rings is 2. The molecule has 3 atom stereocenters. The molecule has 0 amide bonds. The Kier molecular flexibility index (Phi) is 4.92. The molecule has 0 spiro atoms. The van der Waals surface area contributed by atoms with E-state index < -0.39 is 0 Å². The Morgan fingerprint density at radius 3 is 2.55 bits per heavy atom. The Morgan fingerprint density at radius 1 is 1.14 bits per heavy atom. The second-order valence-electron chi connectivity index (χ2n) is 7.36. The summed E-state index contributed by atoms with van der Waals surface area (Å²) in [4.78, 5) is 0. The van der Waals surface area contributed by atoms with Crippen LogP contribution in [-0.2, 0) is 0 Å². The van der Waals surface area contributed by atoms with Crippen molar-refractivity contribution in [1.29, 1.82) is 0 Å². The molecule has 3 rings (SSSR count). The van der Waals surface area contributed by atoms with Crippen LogP contribution in [0, 0.1) is 12.8 Å². The van der Waals surface area contributed by atoms with Crippen LogP contribution < -0.4 is 14.8 Å². The number of fused-ring (bicyclic) bond motifs is 2. The van der Waals surface area contributed by atoms with E-state index in [0.717, 1.165) is 30.9 Å². The minimum absolute atomic E-state index is 0.320. The van der Waals surface area contributed by atoms with Crippen LogP contribution in [0.4, 0.5) is 0 Å². The summed E-state index contributed by atoms with van der Waals surface area (Å²) in [6.45, 7) is 7.17. The number of hydrogen-bond donors (Lipinski definition) is 1. The molecule has 2 fully saturated rings. The topological polar surface area (TPSA) is 30.5 Å². The quantitative estimate of drug-likeness (QED) is 0.889. The van der Waals surface area contributed by atoms with Crippen molar-refractivity contribution in [3.8, 4) is 11.5 Å². The van der Waals surface area contributed by atoms with Crippen molar-refractivity contribution >= 4 is 0 Å². The molecule has 1 aromatic carbocycles. The molecule has 2 heterocycles. The second kappa shape index (κ2) is 6.91. The number of rotatable bonds is 5. The molecule has 122 valence electrons. The first-order valence-electron chi connectivity index (χ1n) is 8.76. The van der Waals surface area contributed by atoms with Crippen LogP contribution in [0.2, 0.25) is 0 Å². The van der Waals surface area contributed by atoms with Crippen LogP contribution in [-0.4, -0.2) is 24.8 Å². The highest BCUT2D eigenvalue weighted by atomic mass is 16.5. The first-order valence-corrected chi connectivity index (χ1v) is 8.76. The van der Waals surface area contributed by atoms with Crippen LogP contribution in [0.3, 0.4) is 0 Å². The van der Waals surface area contributed by atoms with Crippen molar-refractivity contribution in [3.05, 3.63) is 23.8 Å². The minimum Gasteiger partial charge on any atom is -0.489 e. The van der Waals surface area contributed by atoms with Crippen molar-refractivity contribution < 1.29 is 9.47 Å². The number of hydrogen-bond acceptors (Lipinski definition) is 3. The highest BCUT2D eigenvalue weighted by Gasteiger charge is 2.32. The zero-order valence-electron chi connectivity index (χ0n) is 14.1. The van der Waals surface area contributed by atoms with Gasteiger partial charge in [0.25, 0.3) is 0 Å². The molecule has 2 aliphatic rings. The molecular formula is C19H29NO2. The molecular weight excluding hydrogens is 274 g/mol. The van der Waals surface area contributed by atoms with Crippen LogP contribution in [0.1, 0.15) is 51.5 Å². The summed E-state index contributed by atoms with van der Waals surface area (Å²) in [6, 6.07) is 7.56. The summed E-state index contributed by atoms with van der Waals surface area (Å²) < 4.78 is 12.3. The van der Waals surface area contributed by atoms with Gasteiger partial charge in [0, 0.05) is 12.1 Å². The van der Waals surface area contributed by atoms with E-state index in [9.17, 15) is 0 Å². The summed E-state index contributed by atoms with van der Waals surface area (Å²) in [5.41, 5.74) is 1.22. The van der Waals surface area contributed by atoms with Crippen molar-refractivity contribution in [2.45, 2.75) is 71.1 Å². The predicted octanol–water partition coefficient (Wildman–Crippen LogP) is 4.08. The van der Waals surface area contributed by atoms with Gasteiger partial charge < -0.3 is 14.8 Å². The van der Waals surface area contributed by atoms with Gasteiger partial charge in [-0.05, 0) is 56.2 Å². The Balaban J connectivity index is 1.68. The molecule has 3 nitrogen and oxygen atoms in total. The second-order valence-corrected chi connectivity index (χ2v) is 7.36. The van der Waals surface area contributed by atoms with Gasteiger partial charge in [-0.15, -0.1) is 0 Å². The molecule has 1 N–H and O–H groups in total. The number of ether oxygens (including phenoxy) is 2. The zero-order chi connectivity index (χ0) is 15.5. The van der Waals surface area contributed by atoms with E-state index in [1.807, 2.05) is 0 Å². The van der Waals surface area contributed by atoms with Gasteiger partial charge in [0.2, 0.25) is 0 Å². The van der Waals surface area contributed by atoms with E-state index in [2.05, 4.69) is 44.3 Å². The lowest BCUT2D eigenvalue weighted by molar-refractivity contribution is 0.0887. The zero-order valence-corrected chi connectivity index (χ0v) is 14.1. The van der Waals surface area contributed by atoms with Gasteiger partial charge in [-0.3, -0.25) is 0 Å². The molecule has 2 saturated heterocycles. The average molecular weight is 303 g/mol. The summed E-state index contributed by atoms with van der Waals surface area (Å²) in [7, 11) is 0. The minimum atomic E-state index is 0.320. The first kappa shape index (κ1) is 15.7. The summed E-state index contributed by atoms with van der Waals surface area (Å²) in [5, 5.41) is 3.72. The number of nitrogens with one attached hydrogen (secondary N) is 1. The monoisotopic (exact) mass is 303 g/mol. The molecule has 3 heteroatoms. The Labute approximate surface area is 134 Å². The van der Waals surface area contributed by atoms with E-state index in [1.54, 1.807) is 0 Å². The molecule has 0 aliphatic carbocycles.